The van der Waals surface area contributed by atoms with Crippen molar-refractivity contribution in [3.63, 3.8) is 0 Å². The fourth-order valence-electron chi connectivity index (χ4n) is 7.87. The summed E-state index contributed by atoms with van der Waals surface area (Å²) >= 11 is 6.39. The van der Waals surface area contributed by atoms with Crippen molar-refractivity contribution in [2.45, 2.75) is 140 Å². The van der Waals surface area contributed by atoms with Crippen LogP contribution in [-0.2, 0) is 35.6 Å². The number of benzene rings is 1. The van der Waals surface area contributed by atoms with Crippen LogP contribution in [0.1, 0.15) is 110 Å². The number of nitrogens with zero attached hydrogens (tertiary/aromatic N) is 2. The summed E-state index contributed by atoms with van der Waals surface area (Å²) in [6.07, 6.45) is 8.35. The molecule has 4 unspecified atom stereocenters. The first-order valence-corrected chi connectivity index (χ1v) is 21.4. The van der Waals surface area contributed by atoms with E-state index in [9.17, 15) is 27.6 Å². The number of fused-ring (bicyclic) bond motifs is 4. The quantitative estimate of drug-likeness (QED) is 0.293. The van der Waals surface area contributed by atoms with Gasteiger partial charge in [0.25, 0.3) is 5.91 Å². The summed E-state index contributed by atoms with van der Waals surface area (Å²) in [6, 6.07) is 3.42. The van der Waals surface area contributed by atoms with E-state index in [1.165, 1.54) is 4.90 Å². The average molecular weight is 800 g/mol. The van der Waals surface area contributed by atoms with Crippen molar-refractivity contribution in [3.05, 3.63) is 46.6 Å². The van der Waals surface area contributed by atoms with Crippen molar-refractivity contribution < 1.29 is 37.1 Å². The van der Waals surface area contributed by atoms with Gasteiger partial charge in [-0.15, -0.1) is 0 Å². The molecule has 1 spiro atoms. The maximum atomic E-state index is 14.7. The Kier molecular flexibility index (Phi) is 11.8. The van der Waals surface area contributed by atoms with Crippen molar-refractivity contribution in [2.75, 3.05) is 13.2 Å². The molecule has 1 aromatic carbocycles. The molecule has 0 radical (unpaired) electrons. The molecule has 2 aromatic rings. The molecule has 4 amide bonds. The van der Waals surface area contributed by atoms with Crippen LogP contribution >= 0.6 is 11.6 Å². The zero-order chi connectivity index (χ0) is 39.8. The highest BCUT2D eigenvalue weighted by Crippen LogP contribution is 2.45. The second kappa shape index (κ2) is 15.9. The standard InChI is InChI=1S/C40H54ClN5O8S/c1-6-40(36(49)45-55(51,52)38(5)19-20-38)17-12-10-8-7-9-11-13-31(43-37(50)53-23-25(2)3)35(48)46-24-39(22-32(46)34(47)44-40)18-16-28-29-21-27(41)14-15-30(29)42-26(4)33(28)54-39/h10,12,14-15,21,25,31-32H,6-9,11,13,16-20,22-24H2,1-5H3,(H,43,50)(H,44,47)(H,45,49). The lowest BCUT2D eigenvalue weighted by molar-refractivity contribution is -0.142. The largest absolute Gasteiger partial charge is 0.483 e. The minimum atomic E-state index is -4.02. The topological polar surface area (TPSA) is 173 Å². The van der Waals surface area contributed by atoms with Crippen LogP contribution in [0.25, 0.3) is 10.9 Å². The van der Waals surface area contributed by atoms with Crippen LogP contribution in [0.5, 0.6) is 5.75 Å². The van der Waals surface area contributed by atoms with E-state index in [1.807, 2.05) is 45.1 Å². The molecule has 4 atom stereocenters. The van der Waals surface area contributed by atoms with Crippen molar-refractivity contribution >= 4 is 56.3 Å². The monoisotopic (exact) mass is 799 g/mol. The van der Waals surface area contributed by atoms with Gasteiger partial charge in [0, 0.05) is 22.4 Å². The minimum absolute atomic E-state index is 0.0353. The van der Waals surface area contributed by atoms with Crippen LogP contribution in [0, 0.1) is 12.8 Å². The summed E-state index contributed by atoms with van der Waals surface area (Å²) in [6.45, 7) is 9.22. The van der Waals surface area contributed by atoms with E-state index in [-0.39, 0.29) is 38.3 Å². The lowest BCUT2D eigenvalue weighted by Gasteiger charge is -2.36. The Labute approximate surface area is 328 Å². The molecular formula is C40H54ClN5O8S. The molecular weight excluding hydrogens is 746 g/mol. The molecule has 4 heterocycles. The Balaban J connectivity index is 1.37. The molecule has 55 heavy (non-hydrogen) atoms. The Morgan fingerprint density at radius 2 is 1.91 bits per heavy atom. The zero-order valence-electron chi connectivity index (χ0n) is 32.5. The lowest BCUT2D eigenvalue weighted by atomic mass is 9.86. The number of halogens is 1. The molecule has 3 N–H and O–H groups in total. The van der Waals surface area contributed by atoms with Gasteiger partial charge >= 0.3 is 6.09 Å². The second-order valence-electron chi connectivity index (χ2n) is 16.4. The molecule has 15 heteroatoms. The first kappa shape index (κ1) is 40.7. The fraction of sp³-hybridized carbons (Fsp3) is 0.625. The predicted molar refractivity (Wildman–Crippen MR) is 209 cm³/mol. The number of hydrogen-bond acceptors (Lipinski definition) is 9. The van der Waals surface area contributed by atoms with Gasteiger partial charge in [-0.2, -0.15) is 0 Å². The molecule has 2 fully saturated rings. The van der Waals surface area contributed by atoms with E-state index < -0.39 is 61.8 Å². The van der Waals surface area contributed by atoms with Crippen molar-refractivity contribution in [2.24, 2.45) is 5.92 Å². The number of aryl methyl sites for hydroxylation is 2. The summed E-state index contributed by atoms with van der Waals surface area (Å²) in [7, 11) is -4.02. The van der Waals surface area contributed by atoms with Crippen LogP contribution in [0.3, 0.4) is 0 Å². The highest BCUT2D eigenvalue weighted by Gasteiger charge is 2.56. The summed E-state index contributed by atoms with van der Waals surface area (Å²) in [4.78, 5) is 62.8. The number of pyridine rings is 1. The number of allylic oxidation sites excluding steroid dienone is 1. The highest BCUT2D eigenvalue weighted by atomic mass is 35.5. The maximum Gasteiger partial charge on any atom is 0.407 e. The first-order valence-electron chi connectivity index (χ1n) is 19.6. The van der Waals surface area contributed by atoms with Gasteiger partial charge in [0.05, 0.1) is 29.1 Å². The van der Waals surface area contributed by atoms with Gasteiger partial charge in [-0.1, -0.05) is 57.4 Å². The summed E-state index contributed by atoms with van der Waals surface area (Å²) in [5.74, 6) is -1.23. The molecule has 4 aliphatic rings. The second-order valence-corrected chi connectivity index (χ2v) is 19.1. The van der Waals surface area contributed by atoms with Gasteiger partial charge in [0.15, 0.2) is 0 Å². The molecule has 300 valence electrons. The van der Waals surface area contributed by atoms with Gasteiger partial charge in [-0.05, 0) is 95.8 Å². The summed E-state index contributed by atoms with van der Waals surface area (Å²) < 4.78 is 40.1. The number of carbonyl (C=O) groups is 4. The lowest BCUT2D eigenvalue weighted by Crippen LogP contribution is -2.63. The molecule has 1 aromatic heterocycles. The SMILES string of the molecule is CCC1(C(=O)NS(=O)(=O)C2(C)CC2)CC=CCCCCCC(NC(=O)OCC(C)C)C(=O)N2CC3(CCc4c(c(C)nc5ccc(Cl)cc45)O3)CC2C(=O)N1. The van der Waals surface area contributed by atoms with Crippen molar-refractivity contribution in [1.29, 1.82) is 0 Å². The molecule has 13 nitrogen and oxygen atoms in total. The molecule has 1 saturated heterocycles. The number of carbonyl (C=O) groups excluding carboxylic acids is 4. The Morgan fingerprint density at radius 1 is 1.15 bits per heavy atom. The number of hydrogen-bond donors (Lipinski definition) is 3. The zero-order valence-corrected chi connectivity index (χ0v) is 34.0. The number of nitrogens with one attached hydrogen (secondary N) is 3. The highest BCUT2D eigenvalue weighted by molar-refractivity contribution is 7.91. The number of alkyl carbamates (subject to hydrolysis) is 1. The Bertz CT molecular complexity index is 1980. The number of ether oxygens (including phenoxy) is 2. The van der Waals surface area contributed by atoms with Gasteiger partial charge in [-0.3, -0.25) is 19.1 Å². The number of aromatic nitrogens is 1. The van der Waals surface area contributed by atoms with Crippen LogP contribution in [0.15, 0.2) is 30.4 Å². The van der Waals surface area contributed by atoms with Crippen molar-refractivity contribution in [1.82, 2.24) is 25.2 Å². The van der Waals surface area contributed by atoms with E-state index >= 15 is 0 Å². The normalized spacial score (nSPS) is 27.0. The summed E-state index contributed by atoms with van der Waals surface area (Å²) in [5, 5.41) is 7.17. The van der Waals surface area contributed by atoms with Gasteiger partial charge in [0.1, 0.15) is 29.0 Å². The Hall–Kier alpha value is -3.91. The van der Waals surface area contributed by atoms with E-state index in [2.05, 4.69) is 15.4 Å². The van der Waals surface area contributed by atoms with E-state index in [0.717, 1.165) is 29.3 Å². The van der Waals surface area contributed by atoms with Gasteiger partial charge in [-0.25, -0.2) is 18.2 Å². The maximum absolute atomic E-state index is 14.7. The fourth-order valence-corrected chi connectivity index (χ4v) is 9.36. The van der Waals surface area contributed by atoms with Crippen LogP contribution in [-0.4, -0.2) is 83.2 Å². The Morgan fingerprint density at radius 3 is 2.62 bits per heavy atom. The van der Waals surface area contributed by atoms with E-state index in [4.69, 9.17) is 26.1 Å². The third-order valence-electron chi connectivity index (χ3n) is 11.7. The smallest absolute Gasteiger partial charge is 0.407 e. The van der Waals surface area contributed by atoms with Crippen molar-refractivity contribution in [3.8, 4) is 5.75 Å². The number of rotatable bonds is 7. The van der Waals surface area contributed by atoms with E-state index in [1.54, 1.807) is 19.9 Å². The third kappa shape index (κ3) is 8.60. The minimum Gasteiger partial charge on any atom is -0.483 e. The van der Waals surface area contributed by atoms with Gasteiger partial charge in [0.2, 0.25) is 21.8 Å². The summed E-state index contributed by atoms with van der Waals surface area (Å²) in [5.41, 5.74) is -0.239. The predicted octanol–water partition coefficient (Wildman–Crippen LogP) is 5.79. The van der Waals surface area contributed by atoms with Gasteiger partial charge < -0.3 is 25.0 Å². The molecule has 1 aliphatic carbocycles. The number of sulfonamides is 1. The van der Waals surface area contributed by atoms with Crippen LogP contribution < -0.4 is 20.1 Å². The number of amides is 4. The molecule has 6 rings (SSSR count). The molecule has 1 saturated carbocycles. The average Bonchev–Trinajstić information content (AvgIpc) is 3.80. The first-order chi connectivity index (χ1) is 26.0. The van der Waals surface area contributed by atoms with E-state index in [0.29, 0.717) is 61.4 Å². The third-order valence-corrected chi connectivity index (χ3v) is 14.1. The molecule has 3 aliphatic heterocycles. The van der Waals surface area contributed by atoms with Crippen LogP contribution in [0.2, 0.25) is 5.02 Å². The van der Waals surface area contributed by atoms with Crippen LogP contribution in [0.4, 0.5) is 4.79 Å². The molecule has 0 bridgehead atoms.